The first-order chi connectivity index (χ1) is 19.8. The molecule has 5 nitrogen and oxygen atoms in total. The van der Waals surface area contributed by atoms with Crippen molar-refractivity contribution in [3.05, 3.63) is 71.5 Å². The van der Waals surface area contributed by atoms with E-state index in [-0.39, 0.29) is 34.6 Å². The van der Waals surface area contributed by atoms with Gasteiger partial charge in [0.1, 0.15) is 24.2 Å². The van der Waals surface area contributed by atoms with Crippen molar-refractivity contribution in [2.45, 2.75) is 72.6 Å². The molecule has 1 amide bonds. The second-order valence-corrected chi connectivity index (χ2v) is 14.5. The van der Waals surface area contributed by atoms with E-state index in [1.54, 1.807) is 17.8 Å². The number of carboxylic acids is 1. The molecule has 3 aromatic rings. The standard InChI is InChI=1S/C31H31F4NO4S2/c1-30(2,42-25-14-18-3-6-20(25)13-18)27(29(38)39)36-28(37)24-11-7-19-15-21(32)8-12-23(19)26(24)40-16-17-4-9-22(10-5-17)41-31(33,34)35/h4-5,7-12,15,18,20,25,27H,3,6,13-14,16H2,1-2H3,(H,36,37)(H,38,39)/t18?,20?,25?,27-/m1/s1. The summed E-state index contributed by atoms with van der Waals surface area (Å²) in [5, 5.41) is 14.1. The molecule has 2 fully saturated rings. The minimum Gasteiger partial charge on any atom is -0.487 e. The Bertz CT molecular complexity index is 1480. The highest BCUT2D eigenvalue weighted by atomic mass is 32.2. The Hall–Kier alpha value is -2.92. The van der Waals surface area contributed by atoms with Crippen LogP contribution in [0.25, 0.3) is 10.8 Å². The summed E-state index contributed by atoms with van der Waals surface area (Å²) in [4.78, 5) is 26.1. The molecule has 2 saturated carbocycles. The lowest BCUT2D eigenvalue weighted by Gasteiger charge is -2.36. The van der Waals surface area contributed by atoms with Gasteiger partial charge in [-0.3, -0.25) is 4.79 Å². The number of carbonyl (C=O) groups excluding carboxylic acids is 1. The molecule has 2 bridgehead atoms. The van der Waals surface area contributed by atoms with Crippen LogP contribution < -0.4 is 10.1 Å². The van der Waals surface area contributed by atoms with Gasteiger partial charge in [-0.15, -0.1) is 11.8 Å². The number of aliphatic carboxylic acids is 1. The van der Waals surface area contributed by atoms with E-state index >= 15 is 0 Å². The minimum absolute atomic E-state index is 0.0255. The zero-order valence-corrected chi connectivity index (χ0v) is 24.7. The van der Waals surface area contributed by atoms with E-state index in [0.717, 1.165) is 12.8 Å². The molecule has 11 heteroatoms. The largest absolute Gasteiger partial charge is 0.487 e. The predicted molar refractivity (Wildman–Crippen MR) is 156 cm³/mol. The SMILES string of the molecule is CC(C)(SC1CC2CCC1C2)[C@H](NC(=O)c1ccc2cc(F)ccc2c1OCc1ccc(SC(F)(F)F)cc1)C(=O)O. The maximum atomic E-state index is 14.0. The van der Waals surface area contributed by atoms with Gasteiger partial charge in [-0.05, 0) is 104 Å². The summed E-state index contributed by atoms with van der Waals surface area (Å²) in [6.45, 7) is 3.59. The molecule has 3 aromatic carbocycles. The first kappa shape index (κ1) is 30.5. The van der Waals surface area contributed by atoms with Crippen LogP contribution in [-0.4, -0.2) is 38.5 Å². The van der Waals surface area contributed by atoms with E-state index in [2.05, 4.69) is 5.32 Å². The number of hydrogen-bond acceptors (Lipinski definition) is 5. The van der Waals surface area contributed by atoms with Crippen LogP contribution in [0, 0.1) is 17.7 Å². The van der Waals surface area contributed by atoms with Crippen molar-refractivity contribution in [3.8, 4) is 5.75 Å². The summed E-state index contributed by atoms with van der Waals surface area (Å²) in [6, 6.07) is 11.5. The maximum absolute atomic E-state index is 14.0. The topological polar surface area (TPSA) is 75.6 Å². The highest BCUT2D eigenvalue weighted by molar-refractivity contribution is 8.01. The molecular formula is C31H31F4NO4S2. The van der Waals surface area contributed by atoms with Crippen LogP contribution in [0.1, 0.15) is 55.5 Å². The smallest absolute Gasteiger partial charge is 0.446 e. The molecule has 0 spiro atoms. The molecule has 0 heterocycles. The Morgan fingerprint density at radius 3 is 2.40 bits per heavy atom. The second-order valence-electron chi connectivity index (χ2n) is 11.5. The van der Waals surface area contributed by atoms with Crippen molar-refractivity contribution in [3.63, 3.8) is 0 Å². The van der Waals surface area contributed by atoms with Gasteiger partial charge >= 0.3 is 11.5 Å². The van der Waals surface area contributed by atoms with E-state index < -0.39 is 34.0 Å². The van der Waals surface area contributed by atoms with E-state index in [1.807, 2.05) is 13.8 Å². The lowest BCUT2D eigenvalue weighted by Crippen LogP contribution is -2.53. The number of rotatable bonds is 10. The highest BCUT2D eigenvalue weighted by Gasteiger charge is 2.46. The van der Waals surface area contributed by atoms with Gasteiger partial charge in [-0.25, -0.2) is 9.18 Å². The molecule has 0 aromatic heterocycles. The van der Waals surface area contributed by atoms with E-state index in [1.165, 1.54) is 61.4 Å². The average molecular weight is 622 g/mol. The number of nitrogens with one attached hydrogen (secondary N) is 1. The van der Waals surface area contributed by atoms with Crippen molar-refractivity contribution in [2.75, 3.05) is 0 Å². The van der Waals surface area contributed by atoms with Crippen LogP contribution in [0.2, 0.25) is 0 Å². The Balaban J connectivity index is 1.38. The number of carbonyl (C=O) groups is 2. The van der Waals surface area contributed by atoms with Gasteiger partial charge in [0.2, 0.25) is 0 Å². The number of fused-ring (bicyclic) bond motifs is 3. The summed E-state index contributed by atoms with van der Waals surface area (Å²) in [5.74, 6) is -0.877. The van der Waals surface area contributed by atoms with Crippen molar-refractivity contribution in [1.82, 2.24) is 5.32 Å². The fourth-order valence-corrected chi connectivity index (χ4v) is 8.50. The molecule has 2 aliphatic carbocycles. The quantitative estimate of drug-likeness (QED) is 0.176. The maximum Gasteiger partial charge on any atom is 0.446 e. The molecule has 2 N–H and O–H groups in total. The van der Waals surface area contributed by atoms with Crippen LogP contribution in [0.15, 0.2) is 59.5 Å². The molecule has 5 rings (SSSR count). The minimum atomic E-state index is -4.41. The molecule has 0 aliphatic heterocycles. The Morgan fingerprint density at radius 2 is 1.79 bits per heavy atom. The monoisotopic (exact) mass is 621 g/mol. The number of hydrogen-bond donors (Lipinski definition) is 2. The van der Waals surface area contributed by atoms with Gasteiger partial charge in [0.05, 0.1) is 5.56 Å². The number of benzene rings is 3. The molecule has 2 aliphatic rings. The zero-order valence-electron chi connectivity index (χ0n) is 23.0. The van der Waals surface area contributed by atoms with Crippen LogP contribution in [0.3, 0.4) is 0 Å². The molecule has 4 atom stereocenters. The third kappa shape index (κ3) is 6.99. The number of ether oxygens (including phenoxy) is 1. The Labute approximate surface area is 249 Å². The molecule has 42 heavy (non-hydrogen) atoms. The summed E-state index contributed by atoms with van der Waals surface area (Å²) in [6.07, 6.45) is 4.63. The molecule has 0 radical (unpaired) electrons. The lowest BCUT2D eigenvalue weighted by molar-refractivity contribution is -0.139. The third-order valence-electron chi connectivity index (χ3n) is 8.06. The zero-order chi connectivity index (χ0) is 30.2. The number of alkyl halides is 3. The van der Waals surface area contributed by atoms with Crippen molar-refractivity contribution >= 4 is 46.2 Å². The van der Waals surface area contributed by atoms with Crippen LogP contribution in [0.5, 0.6) is 5.75 Å². The fraction of sp³-hybridized carbons (Fsp3) is 0.419. The molecule has 3 unspecified atom stereocenters. The Morgan fingerprint density at radius 1 is 1.05 bits per heavy atom. The number of carboxylic acid groups (broad SMARTS) is 1. The van der Waals surface area contributed by atoms with E-state index in [4.69, 9.17) is 4.74 Å². The van der Waals surface area contributed by atoms with Gasteiger partial charge in [0.25, 0.3) is 5.91 Å². The molecular weight excluding hydrogens is 590 g/mol. The highest BCUT2D eigenvalue weighted by Crippen LogP contribution is 2.52. The second kappa shape index (κ2) is 12.0. The van der Waals surface area contributed by atoms with Crippen LogP contribution >= 0.6 is 23.5 Å². The predicted octanol–water partition coefficient (Wildman–Crippen LogP) is 8.05. The van der Waals surface area contributed by atoms with Gasteiger partial charge in [-0.2, -0.15) is 13.2 Å². The Kier molecular flexibility index (Phi) is 8.72. The van der Waals surface area contributed by atoms with Crippen molar-refractivity contribution in [1.29, 1.82) is 0 Å². The number of amides is 1. The summed E-state index contributed by atoms with van der Waals surface area (Å²) in [7, 11) is 0. The van der Waals surface area contributed by atoms with Gasteiger partial charge in [-0.1, -0.05) is 24.6 Å². The van der Waals surface area contributed by atoms with Crippen molar-refractivity contribution < 1.29 is 37.0 Å². The van der Waals surface area contributed by atoms with Gasteiger partial charge in [0.15, 0.2) is 0 Å². The van der Waals surface area contributed by atoms with Crippen LogP contribution in [0.4, 0.5) is 17.6 Å². The lowest BCUT2D eigenvalue weighted by atomic mass is 10.00. The van der Waals surface area contributed by atoms with Gasteiger partial charge in [0, 0.05) is 20.3 Å². The fourth-order valence-electron chi connectivity index (χ4n) is 6.08. The van der Waals surface area contributed by atoms with E-state index in [0.29, 0.717) is 33.4 Å². The third-order valence-corrected chi connectivity index (χ3v) is 10.5. The summed E-state index contributed by atoms with van der Waals surface area (Å²) < 4.78 is 57.3. The first-order valence-electron chi connectivity index (χ1n) is 13.7. The van der Waals surface area contributed by atoms with Crippen LogP contribution in [-0.2, 0) is 11.4 Å². The van der Waals surface area contributed by atoms with E-state index in [9.17, 15) is 32.3 Å². The average Bonchev–Trinajstić information content (AvgIpc) is 3.52. The summed E-state index contributed by atoms with van der Waals surface area (Å²) >= 11 is 1.40. The molecule has 224 valence electrons. The summed E-state index contributed by atoms with van der Waals surface area (Å²) in [5.41, 5.74) is -3.78. The number of halogens is 4. The van der Waals surface area contributed by atoms with Gasteiger partial charge < -0.3 is 15.2 Å². The number of thioether (sulfide) groups is 2. The first-order valence-corrected chi connectivity index (χ1v) is 15.4. The molecule has 0 saturated heterocycles. The normalized spacial score (nSPS) is 21.0. The van der Waals surface area contributed by atoms with Crippen molar-refractivity contribution in [2.24, 2.45) is 11.8 Å².